The van der Waals surface area contributed by atoms with E-state index in [1.165, 1.54) is 26.9 Å². The first-order chi connectivity index (χ1) is 23.2. The summed E-state index contributed by atoms with van der Waals surface area (Å²) >= 11 is 0. The highest BCUT2D eigenvalue weighted by Crippen LogP contribution is 2.38. The molecule has 4 heteroatoms. The zero-order chi connectivity index (χ0) is 30.9. The summed E-state index contributed by atoms with van der Waals surface area (Å²) in [5.41, 5.74) is 4.31. The Labute approximate surface area is 269 Å². The lowest BCUT2D eigenvalue weighted by Gasteiger charge is -2.10. The quantitative estimate of drug-likeness (QED) is 0.190. The molecule has 8 aromatic carbocycles. The Kier molecular flexibility index (Phi) is 5.54. The van der Waals surface area contributed by atoms with E-state index in [0.717, 1.165) is 54.8 Å². The number of rotatable bonds is 3. The van der Waals surface area contributed by atoms with Crippen molar-refractivity contribution in [2.24, 2.45) is 0 Å². The molecule has 218 valence electrons. The molecule has 0 saturated heterocycles. The molecule has 0 aliphatic rings. The van der Waals surface area contributed by atoms with Gasteiger partial charge in [0.1, 0.15) is 11.2 Å². The minimum Gasteiger partial charge on any atom is -0.455 e. The highest BCUT2D eigenvalue weighted by atomic mass is 16.3. The summed E-state index contributed by atoms with van der Waals surface area (Å²) in [6.07, 6.45) is 0. The summed E-state index contributed by atoms with van der Waals surface area (Å²) in [5.74, 6) is 1.81. The van der Waals surface area contributed by atoms with Crippen molar-refractivity contribution in [1.29, 1.82) is 0 Å². The lowest BCUT2D eigenvalue weighted by Crippen LogP contribution is -2.00. The minimum atomic E-state index is 0.575. The molecule has 0 spiro atoms. The van der Waals surface area contributed by atoms with Crippen LogP contribution in [0, 0.1) is 0 Å². The van der Waals surface area contributed by atoms with Gasteiger partial charge in [0.15, 0.2) is 17.5 Å². The van der Waals surface area contributed by atoms with Crippen molar-refractivity contribution < 1.29 is 4.42 Å². The summed E-state index contributed by atoms with van der Waals surface area (Å²) in [4.78, 5) is 15.3. The van der Waals surface area contributed by atoms with Crippen LogP contribution in [0.1, 0.15) is 0 Å². The molecule has 2 heterocycles. The Hall–Kier alpha value is -6.39. The Morgan fingerprint density at radius 3 is 1.70 bits per heavy atom. The zero-order valence-electron chi connectivity index (χ0n) is 25.2. The smallest absolute Gasteiger partial charge is 0.167 e. The Morgan fingerprint density at radius 1 is 0.340 bits per heavy atom. The molecule has 0 unspecified atom stereocenters. The van der Waals surface area contributed by atoms with Gasteiger partial charge in [0, 0.05) is 21.9 Å². The molecule has 0 aliphatic heterocycles. The number of para-hydroxylation sites is 1. The first-order valence-corrected chi connectivity index (χ1v) is 15.8. The van der Waals surface area contributed by atoms with Gasteiger partial charge in [0.25, 0.3) is 0 Å². The zero-order valence-corrected chi connectivity index (χ0v) is 25.2. The molecule has 0 aliphatic carbocycles. The molecule has 2 aromatic heterocycles. The van der Waals surface area contributed by atoms with Crippen molar-refractivity contribution in [1.82, 2.24) is 15.0 Å². The summed E-state index contributed by atoms with van der Waals surface area (Å²) in [6.45, 7) is 0. The van der Waals surface area contributed by atoms with Crippen molar-refractivity contribution in [2.45, 2.75) is 0 Å². The van der Waals surface area contributed by atoms with Crippen LogP contribution >= 0.6 is 0 Å². The van der Waals surface area contributed by atoms with Crippen LogP contribution in [0.2, 0.25) is 0 Å². The number of hydrogen-bond acceptors (Lipinski definition) is 4. The molecule has 0 amide bonds. The van der Waals surface area contributed by atoms with Gasteiger partial charge in [-0.3, -0.25) is 0 Å². The van der Waals surface area contributed by atoms with Gasteiger partial charge in [-0.05, 0) is 73.4 Å². The van der Waals surface area contributed by atoms with Crippen LogP contribution in [-0.4, -0.2) is 15.0 Å². The van der Waals surface area contributed by atoms with Crippen molar-refractivity contribution in [3.8, 4) is 34.2 Å². The maximum Gasteiger partial charge on any atom is 0.167 e. The van der Waals surface area contributed by atoms with E-state index in [1.54, 1.807) is 0 Å². The Morgan fingerprint density at radius 2 is 0.894 bits per heavy atom. The molecular formula is C43H25N3O. The first-order valence-electron chi connectivity index (χ1n) is 15.8. The van der Waals surface area contributed by atoms with Crippen LogP contribution in [0.25, 0.3) is 99.2 Å². The predicted molar refractivity (Wildman–Crippen MR) is 193 cm³/mol. The van der Waals surface area contributed by atoms with Gasteiger partial charge in [-0.2, -0.15) is 0 Å². The van der Waals surface area contributed by atoms with Crippen molar-refractivity contribution in [3.05, 3.63) is 152 Å². The molecule has 47 heavy (non-hydrogen) atoms. The molecule has 4 nitrogen and oxygen atoms in total. The van der Waals surface area contributed by atoms with Crippen LogP contribution < -0.4 is 0 Å². The topological polar surface area (TPSA) is 51.8 Å². The summed E-state index contributed by atoms with van der Waals surface area (Å²) < 4.78 is 6.59. The monoisotopic (exact) mass is 599 g/mol. The van der Waals surface area contributed by atoms with Crippen molar-refractivity contribution in [2.75, 3.05) is 0 Å². The lowest BCUT2D eigenvalue weighted by molar-refractivity contribution is 0.670. The first kappa shape index (κ1) is 25.9. The highest BCUT2D eigenvalue weighted by Gasteiger charge is 2.18. The number of aromatic nitrogens is 3. The van der Waals surface area contributed by atoms with Crippen LogP contribution in [0.5, 0.6) is 0 Å². The van der Waals surface area contributed by atoms with E-state index in [4.69, 9.17) is 19.4 Å². The van der Waals surface area contributed by atoms with Gasteiger partial charge in [0.05, 0.1) is 5.56 Å². The van der Waals surface area contributed by atoms with Crippen molar-refractivity contribution >= 4 is 65.0 Å². The van der Waals surface area contributed by atoms with E-state index in [-0.39, 0.29) is 0 Å². The maximum absolute atomic E-state index is 6.59. The number of furan rings is 1. The Balaban J connectivity index is 1.21. The summed E-state index contributed by atoms with van der Waals surface area (Å²) in [7, 11) is 0. The highest BCUT2D eigenvalue weighted by molar-refractivity contribution is 6.13. The SMILES string of the molecule is c1ccc2cc(-c3nc(-c4ccc5c(ccc6ccccc65)c4)nc(-c4cccc5c4oc4cc6ccccc6cc45)n3)ccc2c1. The van der Waals surface area contributed by atoms with Crippen LogP contribution in [0.4, 0.5) is 0 Å². The van der Waals surface area contributed by atoms with E-state index in [2.05, 4.69) is 146 Å². The standard InChI is InChI=1S/C43H25N3O/c1-2-10-28-22-32(19-16-26(28)8-1)41-44-42(33-20-21-35-31(23-33)18-17-27-9-5-6-13-34(27)35)46-43(45-41)37-15-7-14-36-38-24-29-11-3-4-12-30(29)25-39(38)47-40(36)37/h1-25H. The van der Waals surface area contributed by atoms with Gasteiger partial charge in [-0.25, -0.2) is 15.0 Å². The van der Waals surface area contributed by atoms with E-state index < -0.39 is 0 Å². The molecule has 10 aromatic rings. The second kappa shape index (κ2) is 10.1. The average molecular weight is 600 g/mol. The summed E-state index contributed by atoms with van der Waals surface area (Å²) in [5, 5.41) is 11.5. The van der Waals surface area contributed by atoms with Gasteiger partial charge in [-0.1, -0.05) is 121 Å². The third-order valence-electron chi connectivity index (χ3n) is 9.25. The average Bonchev–Trinajstić information content (AvgIpc) is 3.50. The second-order valence-corrected chi connectivity index (χ2v) is 12.1. The molecular weight excluding hydrogens is 574 g/mol. The van der Waals surface area contributed by atoms with Crippen LogP contribution in [-0.2, 0) is 0 Å². The number of fused-ring (bicyclic) bond motifs is 8. The molecule has 0 N–H and O–H groups in total. The van der Waals surface area contributed by atoms with E-state index >= 15 is 0 Å². The van der Waals surface area contributed by atoms with E-state index in [9.17, 15) is 0 Å². The molecule has 0 bridgehead atoms. The van der Waals surface area contributed by atoms with E-state index in [1.807, 2.05) is 6.07 Å². The molecule has 0 saturated carbocycles. The summed E-state index contributed by atoms with van der Waals surface area (Å²) in [6, 6.07) is 52.9. The fourth-order valence-corrected chi connectivity index (χ4v) is 6.89. The fourth-order valence-electron chi connectivity index (χ4n) is 6.89. The maximum atomic E-state index is 6.59. The number of hydrogen-bond donors (Lipinski definition) is 0. The minimum absolute atomic E-state index is 0.575. The van der Waals surface area contributed by atoms with Gasteiger partial charge in [0.2, 0.25) is 0 Å². The molecule has 0 atom stereocenters. The number of nitrogens with zero attached hydrogens (tertiary/aromatic N) is 3. The third-order valence-corrected chi connectivity index (χ3v) is 9.25. The normalized spacial score (nSPS) is 11.8. The largest absolute Gasteiger partial charge is 0.455 e. The van der Waals surface area contributed by atoms with Crippen molar-refractivity contribution in [3.63, 3.8) is 0 Å². The number of benzene rings is 8. The van der Waals surface area contributed by atoms with Crippen LogP contribution in [0.3, 0.4) is 0 Å². The molecule has 0 fully saturated rings. The molecule has 10 rings (SSSR count). The second-order valence-electron chi connectivity index (χ2n) is 12.1. The van der Waals surface area contributed by atoms with Gasteiger partial charge in [-0.15, -0.1) is 0 Å². The Bertz CT molecular complexity index is 2870. The van der Waals surface area contributed by atoms with Gasteiger partial charge >= 0.3 is 0 Å². The van der Waals surface area contributed by atoms with E-state index in [0.29, 0.717) is 17.5 Å². The molecule has 0 radical (unpaired) electrons. The van der Waals surface area contributed by atoms with Crippen LogP contribution in [0.15, 0.2) is 156 Å². The predicted octanol–water partition coefficient (Wildman–Crippen LogP) is 11.4. The van der Waals surface area contributed by atoms with Gasteiger partial charge < -0.3 is 4.42 Å². The fraction of sp³-hybridized carbons (Fsp3) is 0. The lowest BCUT2D eigenvalue weighted by atomic mass is 10.00. The third kappa shape index (κ3) is 4.19.